The summed E-state index contributed by atoms with van der Waals surface area (Å²) in [6.07, 6.45) is 1.88. The van der Waals surface area contributed by atoms with E-state index in [0.29, 0.717) is 0 Å². The van der Waals surface area contributed by atoms with Gasteiger partial charge in [0.15, 0.2) is 0 Å². The van der Waals surface area contributed by atoms with E-state index in [4.69, 9.17) is 0 Å². The van der Waals surface area contributed by atoms with Crippen LogP contribution in [0.4, 0.5) is 0 Å². The lowest BCUT2D eigenvalue weighted by Crippen LogP contribution is -2.46. The van der Waals surface area contributed by atoms with Gasteiger partial charge < -0.3 is 10.2 Å². The molecule has 2 heterocycles. The van der Waals surface area contributed by atoms with Crippen molar-refractivity contribution in [3.05, 3.63) is 66.4 Å². The molecule has 1 aliphatic rings. The molecular formula is C20H19N3O. The molecule has 2 aromatic carbocycles. The van der Waals surface area contributed by atoms with Gasteiger partial charge >= 0.3 is 0 Å². The van der Waals surface area contributed by atoms with E-state index in [-0.39, 0.29) is 5.91 Å². The third kappa shape index (κ3) is 2.88. The average molecular weight is 317 g/mol. The monoisotopic (exact) mass is 317 g/mol. The zero-order chi connectivity index (χ0) is 16.4. The van der Waals surface area contributed by atoms with Crippen molar-refractivity contribution in [2.75, 3.05) is 26.2 Å². The van der Waals surface area contributed by atoms with Crippen molar-refractivity contribution in [2.24, 2.45) is 0 Å². The topological polar surface area (TPSA) is 45.2 Å². The Morgan fingerprint density at radius 3 is 2.50 bits per heavy atom. The number of hydrogen-bond acceptors (Lipinski definition) is 3. The summed E-state index contributed by atoms with van der Waals surface area (Å²) in [6, 6.07) is 18.0. The van der Waals surface area contributed by atoms with Gasteiger partial charge in [-0.2, -0.15) is 0 Å². The van der Waals surface area contributed by atoms with Gasteiger partial charge in [0.1, 0.15) is 0 Å². The van der Waals surface area contributed by atoms with E-state index in [1.54, 1.807) is 0 Å². The predicted octanol–water partition coefficient (Wildman–Crippen LogP) is 2.95. The van der Waals surface area contributed by atoms with E-state index in [9.17, 15) is 4.79 Å². The maximum Gasteiger partial charge on any atom is 0.253 e. The molecule has 3 aromatic rings. The molecule has 4 nitrogen and oxygen atoms in total. The Kier molecular flexibility index (Phi) is 3.97. The fourth-order valence-corrected chi connectivity index (χ4v) is 3.08. The number of amides is 1. The molecule has 1 aliphatic heterocycles. The lowest BCUT2D eigenvalue weighted by Gasteiger charge is -2.27. The maximum absolute atomic E-state index is 12.5. The van der Waals surface area contributed by atoms with Gasteiger partial charge in [0, 0.05) is 48.9 Å². The number of carbonyl (C=O) groups excluding carboxylic acids is 1. The lowest BCUT2D eigenvalue weighted by atomic mass is 10.0. The van der Waals surface area contributed by atoms with Crippen LogP contribution in [0.2, 0.25) is 0 Å². The Hall–Kier alpha value is -2.72. The van der Waals surface area contributed by atoms with Crippen molar-refractivity contribution in [2.45, 2.75) is 0 Å². The smallest absolute Gasteiger partial charge is 0.253 e. The van der Waals surface area contributed by atoms with E-state index in [1.165, 1.54) is 0 Å². The molecule has 1 fully saturated rings. The van der Waals surface area contributed by atoms with Crippen LogP contribution in [0.25, 0.3) is 22.0 Å². The maximum atomic E-state index is 12.5. The van der Waals surface area contributed by atoms with Gasteiger partial charge in [0.2, 0.25) is 0 Å². The number of pyridine rings is 1. The van der Waals surface area contributed by atoms with E-state index in [1.807, 2.05) is 53.6 Å². The van der Waals surface area contributed by atoms with Crippen LogP contribution in [0.15, 0.2) is 60.8 Å². The molecule has 1 saturated heterocycles. The summed E-state index contributed by atoms with van der Waals surface area (Å²) in [5.74, 6) is 0.111. The summed E-state index contributed by atoms with van der Waals surface area (Å²) in [4.78, 5) is 18.9. The zero-order valence-electron chi connectivity index (χ0n) is 13.4. The summed E-state index contributed by atoms with van der Waals surface area (Å²) in [6.45, 7) is 3.28. The summed E-state index contributed by atoms with van der Waals surface area (Å²) in [5, 5.41) is 4.39. The van der Waals surface area contributed by atoms with Gasteiger partial charge in [0.05, 0.1) is 5.52 Å². The highest BCUT2D eigenvalue weighted by Crippen LogP contribution is 2.23. The number of fused-ring (bicyclic) bond motifs is 1. The number of nitrogens with zero attached hydrogens (tertiary/aromatic N) is 2. The van der Waals surface area contributed by atoms with Crippen LogP contribution in [0.1, 0.15) is 10.4 Å². The normalized spacial score (nSPS) is 14.8. The molecule has 24 heavy (non-hydrogen) atoms. The molecule has 0 atom stereocenters. The van der Waals surface area contributed by atoms with Crippen molar-refractivity contribution >= 4 is 16.8 Å². The van der Waals surface area contributed by atoms with Gasteiger partial charge in [-0.05, 0) is 29.8 Å². The number of para-hydroxylation sites is 1. The summed E-state index contributed by atoms with van der Waals surface area (Å²) >= 11 is 0. The second kappa shape index (κ2) is 6.42. The minimum Gasteiger partial charge on any atom is -0.336 e. The Labute approximate surface area is 141 Å². The molecule has 1 aromatic heterocycles. The van der Waals surface area contributed by atoms with Crippen molar-refractivity contribution in [3.8, 4) is 11.1 Å². The highest BCUT2D eigenvalue weighted by atomic mass is 16.2. The van der Waals surface area contributed by atoms with Crippen LogP contribution >= 0.6 is 0 Å². The molecule has 0 unspecified atom stereocenters. The molecule has 0 aliphatic carbocycles. The van der Waals surface area contributed by atoms with Gasteiger partial charge in [0.25, 0.3) is 5.91 Å². The predicted molar refractivity (Wildman–Crippen MR) is 96.0 cm³/mol. The molecule has 0 radical (unpaired) electrons. The molecule has 0 bridgehead atoms. The molecule has 4 heteroatoms. The Bertz CT molecular complexity index is 867. The Morgan fingerprint density at radius 1 is 0.958 bits per heavy atom. The first-order valence-corrected chi connectivity index (χ1v) is 8.26. The third-order valence-corrected chi connectivity index (χ3v) is 4.46. The zero-order valence-corrected chi connectivity index (χ0v) is 13.4. The minimum absolute atomic E-state index is 0.111. The van der Waals surface area contributed by atoms with Crippen LogP contribution < -0.4 is 5.32 Å². The standard InChI is InChI=1S/C20H19N3O/c24-20(23-11-9-21-10-12-23)16-7-5-15(6-8-16)18-13-17-3-1-2-4-19(17)22-14-18/h1-8,13-14,21H,9-12H2. The largest absolute Gasteiger partial charge is 0.336 e. The fourth-order valence-electron chi connectivity index (χ4n) is 3.08. The SMILES string of the molecule is O=C(c1ccc(-c2cnc3ccccc3c2)cc1)N1CCNCC1. The number of rotatable bonds is 2. The minimum atomic E-state index is 0.111. The molecule has 1 amide bonds. The van der Waals surface area contributed by atoms with E-state index in [2.05, 4.69) is 22.4 Å². The van der Waals surface area contributed by atoms with E-state index < -0.39 is 0 Å². The molecular weight excluding hydrogens is 298 g/mol. The summed E-state index contributed by atoms with van der Waals surface area (Å²) in [7, 11) is 0. The van der Waals surface area contributed by atoms with Crippen LogP contribution in [0.5, 0.6) is 0 Å². The first kappa shape index (κ1) is 14.8. The highest BCUT2D eigenvalue weighted by Gasteiger charge is 2.17. The van der Waals surface area contributed by atoms with Crippen LogP contribution in [-0.2, 0) is 0 Å². The van der Waals surface area contributed by atoms with E-state index >= 15 is 0 Å². The number of nitrogens with one attached hydrogen (secondary N) is 1. The Balaban J connectivity index is 1.59. The molecule has 0 saturated carbocycles. The number of aromatic nitrogens is 1. The van der Waals surface area contributed by atoms with Crippen molar-refractivity contribution in [1.29, 1.82) is 0 Å². The van der Waals surface area contributed by atoms with Crippen molar-refractivity contribution in [3.63, 3.8) is 0 Å². The third-order valence-electron chi connectivity index (χ3n) is 4.46. The van der Waals surface area contributed by atoms with Gasteiger partial charge in [-0.15, -0.1) is 0 Å². The fraction of sp³-hybridized carbons (Fsp3) is 0.200. The van der Waals surface area contributed by atoms with E-state index in [0.717, 1.165) is 53.8 Å². The van der Waals surface area contributed by atoms with Crippen LogP contribution in [-0.4, -0.2) is 42.0 Å². The molecule has 1 N–H and O–H groups in total. The van der Waals surface area contributed by atoms with Gasteiger partial charge in [-0.25, -0.2) is 0 Å². The lowest BCUT2D eigenvalue weighted by molar-refractivity contribution is 0.0736. The summed E-state index contributed by atoms with van der Waals surface area (Å²) in [5.41, 5.74) is 3.88. The first-order chi connectivity index (χ1) is 11.8. The molecule has 4 rings (SSSR count). The number of hydrogen-bond donors (Lipinski definition) is 1. The second-order valence-corrected chi connectivity index (χ2v) is 6.04. The first-order valence-electron chi connectivity index (χ1n) is 8.26. The number of carbonyl (C=O) groups is 1. The highest BCUT2D eigenvalue weighted by molar-refractivity contribution is 5.95. The number of benzene rings is 2. The van der Waals surface area contributed by atoms with Gasteiger partial charge in [-0.3, -0.25) is 9.78 Å². The number of piperazine rings is 1. The van der Waals surface area contributed by atoms with Crippen molar-refractivity contribution < 1.29 is 4.79 Å². The summed E-state index contributed by atoms with van der Waals surface area (Å²) < 4.78 is 0. The average Bonchev–Trinajstić information content (AvgIpc) is 2.68. The second-order valence-electron chi connectivity index (χ2n) is 6.04. The molecule has 120 valence electrons. The molecule has 0 spiro atoms. The van der Waals surface area contributed by atoms with Crippen LogP contribution in [0, 0.1) is 0 Å². The quantitative estimate of drug-likeness (QED) is 0.790. The van der Waals surface area contributed by atoms with Crippen molar-refractivity contribution in [1.82, 2.24) is 15.2 Å². The van der Waals surface area contributed by atoms with Gasteiger partial charge in [-0.1, -0.05) is 30.3 Å². The Morgan fingerprint density at radius 2 is 1.71 bits per heavy atom. The van der Waals surface area contributed by atoms with Crippen LogP contribution in [0.3, 0.4) is 0 Å².